The molecular weight excluding hydrogens is 394 g/mol. The fourth-order valence-electron chi connectivity index (χ4n) is 1.43. The van der Waals surface area contributed by atoms with Gasteiger partial charge in [0.15, 0.2) is 0 Å². The van der Waals surface area contributed by atoms with Gasteiger partial charge in [0.25, 0.3) is 0 Å². The maximum atomic E-state index is 3.30. The maximum absolute atomic E-state index is 3.30. The Hall–Kier alpha value is 0.640. The van der Waals surface area contributed by atoms with Crippen molar-refractivity contribution in [3.05, 3.63) is 62.5 Å². The zero-order valence-corrected chi connectivity index (χ0v) is 19.8. The first-order valence-electron chi connectivity index (χ1n) is 5.87. The Morgan fingerprint density at radius 2 is 1.38 bits per heavy atom. The topological polar surface area (TPSA) is 0 Å². The van der Waals surface area contributed by atoms with E-state index in [1.54, 1.807) is 23.3 Å². The van der Waals surface area contributed by atoms with Crippen LogP contribution in [0, 0.1) is 32.4 Å². The number of hydrogen-bond acceptors (Lipinski definition) is 0. The van der Waals surface area contributed by atoms with Gasteiger partial charge in [-0.2, -0.15) is 12.2 Å². The summed E-state index contributed by atoms with van der Waals surface area (Å²) >= 11 is 1.58. The summed E-state index contributed by atoms with van der Waals surface area (Å²) < 4.78 is 0. The van der Waals surface area contributed by atoms with Crippen LogP contribution in [-0.4, -0.2) is 6.88 Å². The number of rotatable bonds is 0. The van der Waals surface area contributed by atoms with Crippen LogP contribution in [0.2, 0.25) is 0 Å². The summed E-state index contributed by atoms with van der Waals surface area (Å²) in [6.45, 7) is 10.6. The fraction of sp³-hybridized carbons (Fsp3) is 0.412. The van der Waals surface area contributed by atoms with Crippen molar-refractivity contribution >= 4 is 31.7 Å². The minimum atomic E-state index is 0. The molecule has 2 aliphatic rings. The van der Waals surface area contributed by atoms with E-state index >= 15 is 0 Å². The van der Waals surface area contributed by atoms with Crippen LogP contribution < -0.4 is 0 Å². The molecule has 0 saturated heterocycles. The molecule has 0 N–H and O–H groups in total. The van der Waals surface area contributed by atoms with Crippen molar-refractivity contribution in [1.29, 1.82) is 0 Å². The first-order valence-corrected chi connectivity index (χ1v) is 11.8. The Balaban J connectivity index is -0.0000000641. The van der Waals surface area contributed by atoms with Gasteiger partial charge in [-0.15, -0.1) is 37.7 Å². The summed E-state index contributed by atoms with van der Waals surface area (Å²) in [4.78, 5) is 0. The SMILES string of the molecule is CC(C)(C)C1=[C-]CC=C1.CC1=[C-]CC=C1.Cl.Cl.[CH3-].[CH3-].[SiH2]=[Zr]. The van der Waals surface area contributed by atoms with Gasteiger partial charge in [-0.05, 0) is 5.41 Å². The molecule has 0 nitrogen and oxygen atoms in total. The van der Waals surface area contributed by atoms with Crippen LogP contribution in [0.5, 0.6) is 0 Å². The van der Waals surface area contributed by atoms with E-state index in [0.717, 1.165) is 12.8 Å². The van der Waals surface area contributed by atoms with Gasteiger partial charge in [-0.1, -0.05) is 27.7 Å². The molecule has 21 heavy (non-hydrogen) atoms. The van der Waals surface area contributed by atoms with Crippen molar-refractivity contribution in [3.63, 3.8) is 0 Å². The van der Waals surface area contributed by atoms with Crippen LogP contribution in [0.4, 0.5) is 0 Å². The van der Waals surface area contributed by atoms with Gasteiger partial charge in [0, 0.05) is 0 Å². The third-order valence-electron chi connectivity index (χ3n) is 2.37. The Kier molecular flexibility index (Phi) is 29.6. The van der Waals surface area contributed by atoms with Gasteiger partial charge < -0.3 is 14.9 Å². The average Bonchev–Trinajstić information content (AvgIpc) is 2.92. The van der Waals surface area contributed by atoms with Crippen molar-refractivity contribution in [1.82, 2.24) is 0 Å². The second-order valence-corrected chi connectivity index (χ2v) is 4.91. The zero-order chi connectivity index (χ0) is 13.3. The molecular formula is C17H30Cl2SiZr-4. The van der Waals surface area contributed by atoms with E-state index in [0.29, 0.717) is 5.41 Å². The molecule has 0 radical (unpaired) electrons. The second-order valence-electron chi connectivity index (χ2n) is 4.91. The average molecular weight is 425 g/mol. The summed E-state index contributed by atoms with van der Waals surface area (Å²) in [5, 5.41) is 0. The Morgan fingerprint density at radius 3 is 1.52 bits per heavy atom. The predicted molar refractivity (Wildman–Crippen MR) is 102 cm³/mol. The summed E-state index contributed by atoms with van der Waals surface area (Å²) in [6, 6.07) is 0. The molecule has 2 rings (SSSR count). The number of allylic oxidation sites excluding steroid dienone is 8. The molecule has 0 heterocycles. The fourth-order valence-corrected chi connectivity index (χ4v) is 1.43. The molecule has 0 aromatic heterocycles. The van der Waals surface area contributed by atoms with Crippen LogP contribution >= 0.6 is 24.8 Å². The first kappa shape index (κ1) is 33.3. The molecule has 4 heteroatoms. The molecule has 0 aliphatic heterocycles. The van der Waals surface area contributed by atoms with Gasteiger partial charge >= 0.3 is 30.2 Å². The first-order chi connectivity index (χ1) is 8.00. The van der Waals surface area contributed by atoms with Crippen molar-refractivity contribution in [2.75, 3.05) is 0 Å². The van der Waals surface area contributed by atoms with Gasteiger partial charge in [0.2, 0.25) is 0 Å². The van der Waals surface area contributed by atoms with E-state index in [4.69, 9.17) is 0 Å². The quantitative estimate of drug-likeness (QED) is 0.368. The zero-order valence-electron chi connectivity index (χ0n) is 14.2. The summed E-state index contributed by atoms with van der Waals surface area (Å²) in [5.74, 6) is 0. The van der Waals surface area contributed by atoms with E-state index in [-0.39, 0.29) is 39.7 Å². The third-order valence-corrected chi connectivity index (χ3v) is 2.37. The molecule has 0 aromatic rings. The molecule has 0 unspecified atom stereocenters. The molecule has 0 bridgehead atoms. The summed E-state index contributed by atoms with van der Waals surface area (Å²) in [7, 11) is 0. The van der Waals surface area contributed by atoms with Gasteiger partial charge in [-0.3, -0.25) is 12.2 Å². The van der Waals surface area contributed by atoms with E-state index in [1.807, 2.05) is 6.88 Å². The molecule has 2 aliphatic carbocycles. The van der Waals surface area contributed by atoms with Crippen LogP contribution in [0.1, 0.15) is 40.5 Å². The molecule has 0 amide bonds. The van der Waals surface area contributed by atoms with E-state index in [1.165, 1.54) is 11.1 Å². The van der Waals surface area contributed by atoms with Crippen molar-refractivity contribution in [2.45, 2.75) is 40.5 Å². The number of halogens is 2. The van der Waals surface area contributed by atoms with Gasteiger partial charge in [0.1, 0.15) is 0 Å². The van der Waals surface area contributed by atoms with Crippen LogP contribution in [0.3, 0.4) is 0 Å². The third kappa shape index (κ3) is 16.8. The van der Waals surface area contributed by atoms with Crippen LogP contribution in [-0.2, 0) is 23.3 Å². The molecule has 0 saturated carbocycles. The molecule has 124 valence electrons. The van der Waals surface area contributed by atoms with Crippen LogP contribution in [0.25, 0.3) is 0 Å². The van der Waals surface area contributed by atoms with Gasteiger partial charge in [0.05, 0.1) is 0 Å². The molecule has 0 spiro atoms. The Bertz CT molecular complexity index is 348. The second kappa shape index (κ2) is 18.7. The number of hydrogen-bond donors (Lipinski definition) is 0. The summed E-state index contributed by atoms with van der Waals surface area (Å²) in [6.07, 6.45) is 17.0. The summed E-state index contributed by atoms with van der Waals surface area (Å²) in [5.41, 5.74) is 2.92. The Labute approximate surface area is 162 Å². The van der Waals surface area contributed by atoms with E-state index < -0.39 is 0 Å². The van der Waals surface area contributed by atoms with E-state index in [2.05, 4.69) is 64.2 Å². The molecule has 0 fully saturated rings. The predicted octanol–water partition coefficient (Wildman–Crippen LogP) is 5.24. The van der Waals surface area contributed by atoms with Crippen molar-refractivity contribution in [3.8, 4) is 0 Å². The van der Waals surface area contributed by atoms with Crippen LogP contribution in [0.15, 0.2) is 35.5 Å². The normalized spacial score (nSPS) is 13.3. The molecule has 0 aromatic carbocycles. The van der Waals surface area contributed by atoms with Gasteiger partial charge in [-0.25, -0.2) is 23.3 Å². The monoisotopic (exact) mass is 422 g/mol. The molecule has 0 atom stereocenters. The van der Waals surface area contributed by atoms with Crippen molar-refractivity contribution in [2.24, 2.45) is 5.41 Å². The standard InChI is InChI=1S/C9H13.C6H7.2CH3.2ClH.H2Si.Zr/c1-9(2,3)8-6-4-5-7-8;1-6-4-2-3-5-6;;;;;;/h4,6H,5H2,1-3H3;2,4H,3H2,1H3;2*1H3;2*1H;1H2;/q4*-1;;;;. The minimum absolute atomic E-state index is 0. The Morgan fingerprint density at radius 1 is 0.952 bits per heavy atom. The van der Waals surface area contributed by atoms with E-state index in [9.17, 15) is 0 Å². The van der Waals surface area contributed by atoms with Crippen molar-refractivity contribution < 1.29 is 23.3 Å².